The van der Waals surface area contributed by atoms with Crippen molar-refractivity contribution in [1.82, 2.24) is 0 Å². The standard InChI is InChI=1S/C10H18O2/c1-5-7-10(3,4)8-9(11)12-6-2/h5,7H,6,8H2,1-4H3. The van der Waals surface area contributed by atoms with Crippen LogP contribution in [0.3, 0.4) is 0 Å². The van der Waals surface area contributed by atoms with E-state index in [9.17, 15) is 4.79 Å². The molecule has 0 amide bonds. The molecule has 0 bridgehead atoms. The van der Waals surface area contributed by atoms with E-state index in [-0.39, 0.29) is 11.4 Å². The Hall–Kier alpha value is -0.790. The zero-order valence-electron chi connectivity index (χ0n) is 8.39. The Morgan fingerprint density at radius 1 is 1.50 bits per heavy atom. The topological polar surface area (TPSA) is 26.3 Å². The summed E-state index contributed by atoms with van der Waals surface area (Å²) in [6.45, 7) is 8.27. The third kappa shape index (κ3) is 4.94. The number of hydrogen-bond acceptors (Lipinski definition) is 2. The fourth-order valence-corrected chi connectivity index (χ4v) is 1.09. The second kappa shape index (κ2) is 4.96. The van der Waals surface area contributed by atoms with Crippen molar-refractivity contribution in [2.75, 3.05) is 6.61 Å². The van der Waals surface area contributed by atoms with Crippen molar-refractivity contribution in [2.24, 2.45) is 5.41 Å². The van der Waals surface area contributed by atoms with E-state index in [4.69, 9.17) is 4.74 Å². The van der Waals surface area contributed by atoms with E-state index < -0.39 is 0 Å². The lowest BCUT2D eigenvalue weighted by Crippen LogP contribution is -2.16. The van der Waals surface area contributed by atoms with Crippen LogP contribution >= 0.6 is 0 Å². The van der Waals surface area contributed by atoms with Crippen LogP contribution in [-0.2, 0) is 9.53 Å². The number of ether oxygens (including phenoxy) is 1. The Bertz CT molecular complexity index is 169. The first-order chi connectivity index (χ1) is 5.52. The molecule has 0 heterocycles. The molecule has 2 nitrogen and oxygen atoms in total. The maximum atomic E-state index is 11.1. The van der Waals surface area contributed by atoms with Gasteiger partial charge in [0.15, 0.2) is 0 Å². The summed E-state index contributed by atoms with van der Waals surface area (Å²) in [4.78, 5) is 11.1. The molecular formula is C10H18O2. The molecule has 0 rings (SSSR count). The molecular weight excluding hydrogens is 152 g/mol. The zero-order valence-corrected chi connectivity index (χ0v) is 8.39. The number of rotatable bonds is 4. The first-order valence-corrected chi connectivity index (χ1v) is 4.31. The summed E-state index contributed by atoms with van der Waals surface area (Å²) in [5.74, 6) is -0.124. The first-order valence-electron chi connectivity index (χ1n) is 4.31. The minimum atomic E-state index is -0.124. The van der Waals surface area contributed by atoms with Gasteiger partial charge in [0.1, 0.15) is 0 Å². The highest BCUT2D eigenvalue weighted by atomic mass is 16.5. The van der Waals surface area contributed by atoms with Crippen molar-refractivity contribution in [3.05, 3.63) is 12.2 Å². The van der Waals surface area contributed by atoms with Gasteiger partial charge in [-0.3, -0.25) is 4.79 Å². The summed E-state index contributed by atoms with van der Waals surface area (Å²) in [5.41, 5.74) is -0.0823. The molecule has 0 aliphatic rings. The third-order valence-corrected chi connectivity index (χ3v) is 1.52. The molecule has 0 fully saturated rings. The lowest BCUT2D eigenvalue weighted by molar-refractivity contribution is -0.144. The second-order valence-electron chi connectivity index (χ2n) is 3.47. The zero-order chi connectivity index (χ0) is 9.61. The fraction of sp³-hybridized carbons (Fsp3) is 0.700. The van der Waals surface area contributed by atoms with E-state index in [0.717, 1.165) is 0 Å². The van der Waals surface area contributed by atoms with Crippen LogP contribution in [0.25, 0.3) is 0 Å². The normalized spacial score (nSPS) is 12.0. The summed E-state index contributed by atoms with van der Waals surface area (Å²) in [6, 6.07) is 0. The average Bonchev–Trinajstić information content (AvgIpc) is 1.85. The molecule has 0 aromatic rings. The van der Waals surface area contributed by atoms with Gasteiger partial charge in [0.25, 0.3) is 0 Å². The van der Waals surface area contributed by atoms with Crippen LogP contribution in [0.1, 0.15) is 34.1 Å². The molecule has 70 valence electrons. The maximum absolute atomic E-state index is 11.1. The number of allylic oxidation sites excluding steroid dienone is 2. The van der Waals surface area contributed by atoms with E-state index in [2.05, 4.69) is 0 Å². The quantitative estimate of drug-likeness (QED) is 0.478. The number of esters is 1. The summed E-state index contributed by atoms with van der Waals surface area (Å²) in [6.07, 6.45) is 4.42. The van der Waals surface area contributed by atoms with E-state index >= 15 is 0 Å². The van der Waals surface area contributed by atoms with E-state index in [1.807, 2.05) is 39.8 Å². The van der Waals surface area contributed by atoms with Gasteiger partial charge in [0.05, 0.1) is 13.0 Å². The molecule has 0 spiro atoms. The van der Waals surface area contributed by atoms with Crippen LogP contribution < -0.4 is 0 Å². The van der Waals surface area contributed by atoms with Gasteiger partial charge in [0, 0.05) is 0 Å². The van der Waals surface area contributed by atoms with Crippen molar-refractivity contribution >= 4 is 5.97 Å². The lowest BCUT2D eigenvalue weighted by Gasteiger charge is -2.18. The maximum Gasteiger partial charge on any atom is 0.306 e. The Morgan fingerprint density at radius 2 is 2.08 bits per heavy atom. The molecule has 0 N–H and O–H groups in total. The summed E-state index contributed by atoms with van der Waals surface area (Å²) in [7, 11) is 0. The Labute approximate surface area is 74.6 Å². The van der Waals surface area contributed by atoms with Gasteiger partial charge >= 0.3 is 5.97 Å². The molecule has 0 radical (unpaired) electrons. The van der Waals surface area contributed by atoms with Crippen molar-refractivity contribution < 1.29 is 9.53 Å². The highest BCUT2D eigenvalue weighted by Gasteiger charge is 2.18. The number of hydrogen-bond donors (Lipinski definition) is 0. The summed E-state index contributed by atoms with van der Waals surface area (Å²) >= 11 is 0. The van der Waals surface area contributed by atoms with Crippen molar-refractivity contribution in [3.8, 4) is 0 Å². The van der Waals surface area contributed by atoms with Crippen LogP contribution in [-0.4, -0.2) is 12.6 Å². The van der Waals surface area contributed by atoms with Gasteiger partial charge in [-0.1, -0.05) is 26.0 Å². The Morgan fingerprint density at radius 3 is 2.50 bits per heavy atom. The van der Waals surface area contributed by atoms with Crippen LogP contribution in [0.5, 0.6) is 0 Å². The minimum Gasteiger partial charge on any atom is -0.466 e. The Kier molecular flexibility index (Phi) is 4.64. The van der Waals surface area contributed by atoms with Gasteiger partial charge in [-0.2, -0.15) is 0 Å². The SMILES string of the molecule is CC=CC(C)(C)CC(=O)OCC. The summed E-state index contributed by atoms with van der Waals surface area (Å²) in [5, 5.41) is 0. The van der Waals surface area contributed by atoms with Gasteiger partial charge < -0.3 is 4.74 Å². The molecule has 0 saturated heterocycles. The third-order valence-electron chi connectivity index (χ3n) is 1.52. The Balaban J connectivity index is 3.96. The molecule has 0 aliphatic heterocycles. The molecule has 0 atom stereocenters. The average molecular weight is 170 g/mol. The summed E-state index contributed by atoms with van der Waals surface area (Å²) < 4.78 is 4.85. The van der Waals surface area contributed by atoms with Gasteiger partial charge in [-0.25, -0.2) is 0 Å². The van der Waals surface area contributed by atoms with Crippen molar-refractivity contribution in [1.29, 1.82) is 0 Å². The predicted molar refractivity (Wildman–Crippen MR) is 49.8 cm³/mol. The second-order valence-corrected chi connectivity index (χ2v) is 3.47. The monoisotopic (exact) mass is 170 g/mol. The molecule has 0 aromatic carbocycles. The van der Waals surface area contributed by atoms with E-state index in [1.54, 1.807) is 0 Å². The smallest absolute Gasteiger partial charge is 0.306 e. The molecule has 0 aliphatic carbocycles. The fourth-order valence-electron chi connectivity index (χ4n) is 1.09. The first kappa shape index (κ1) is 11.2. The minimum absolute atomic E-state index is 0.0823. The van der Waals surface area contributed by atoms with Gasteiger partial charge in [0.2, 0.25) is 0 Å². The number of carbonyl (C=O) groups is 1. The van der Waals surface area contributed by atoms with E-state index in [0.29, 0.717) is 13.0 Å². The van der Waals surface area contributed by atoms with E-state index in [1.165, 1.54) is 0 Å². The predicted octanol–water partition coefficient (Wildman–Crippen LogP) is 2.54. The highest BCUT2D eigenvalue weighted by molar-refractivity contribution is 5.70. The van der Waals surface area contributed by atoms with Crippen LogP contribution in [0.2, 0.25) is 0 Å². The molecule has 0 aromatic heterocycles. The van der Waals surface area contributed by atoms with Crippen molar-refractivity contribution in [2.45, 2.75) is 34.1 Å². The van der Waals surface area contributed by atoms with Gasteiger partial charge in [-0.05, 0) is 19.3 Å². The lowest BCUT2D eigenvalue weighted by atomic mass is 9.89. The van der Waals surface area contributed by atoms with Crippen LogP contribution in [0.15, 0.2) is 12.2 Å². The molecule has 0 saturated carbocycles. The largest absolute Gasteiger partial charge is 0.466 e. The number of carbonyl (C=O) groups excluding carboxylic acids is 1. The molecule has 2 heteroatoms. The van der Waals surface area contributed by atoms with Crippen LogP contribution in [0.4, 0.5) is 0 Å². The van der Waals surface area contributed by atoms with Crippen molar-refractivity contribution in [3.63, 3.8) is 0 Å². The molecule has 0 unspecified atom stereocenters. The van der Waals surface area contributed by atoms with Crippen LogP contribution in [0, 0.1) is 5.41 Å². The molecule has 12 heavy (non-hydrogen) atoms. The van der Waals surface area contributed by atoms with Gasteiger partial charge in [-0.15, -0.1) is 0 Å². The highest BCUT2D eigenvalue weighted by Crippen LogP contribution is 2.22.